The number of primary amides is 1. The maximum atomic E-state index is 13.5. The fourth-order valence-corrected chi connectivity index (χ4v) is 1.39. The van der Waals surface area contributed by atoms with Crippen LogP contribution in [0.5, 0.6) is 0 Å². The molecule has 0 radical (unpaired) electrons. The Morgan fingerprint density at radius 3 is 1.84 bits per heavy atom. The Kier molecular flexibility index (Phi) is 2.92. The summed E-state index contributed by atoms with van der Waals surface area (Å²) >= 11 is 0. The highest BCUT2D eigenvalue weighted by atomic mass is 19.2. The Bertz CT molecular complexity index is 654. The van der Waals surface area contributed by atoms with Crippen LogP contribution in [0.15, 0.2) is 0 Å². The van der Waals surface area contributed by atoms with Gasteiger partial charge in [-0.15, -0.1) is 0 Å². The van der Waals surface area contributed by atoms with Crippen molar-refractivity contribution in [1.82, 2.24) is 15.4 Å². The number of hydrogen-bond donors (Lipinski definition) is 2. The molecule has 3 N–H and O–H groups in total. The third-order valence-corrected chi connectivity index (χ3v) is 2.23. The van der Waals surface area contributed by atoms with E-state index in [1.54, 1.807) is 0 Å². The number of H-pyrrole nitrogens is 1. The van der Waals surface area contributed by atoms with E-state index in [1.807, 2.05) is 5.21 Å². The summed E-state index contributed by atoms with van der Waals surface area (Å²) in [7, 11) is 0. The first-order chi connectivity index (χ1) is 8.86. The van der Waals surface area contributed by atoms with E-state index in [0.717, 1.165) is 0 Å². The molecule has 1 aromatic carbocycles. The molecule has 2 aromatic rings. The molecule has 1 aromatic heterocycles. The van der Waals surface area contributed by atoms with Gasteiger partial charge in [0.25, 0.3) is 5.91 Å². The number of amides is 1. The van der Waals surface area contributed by atoms with Gasteiger partial charge in [0, 0.05) is 0 Å². The van der Waals surface area contributed by atoms with Crippen LogP contribution in [0.2, 0.25) is 0 Å². The van der Waals surface area contributed by atoms with Gasteiger partial charge < -0.3 is 5.73 Å². The average Bonchev–Trinajstić information content (AvgIpc) is 2.83. The van der Waals surface area contributed by atoms with Crippen LogP contribution in [-0.2, 0) is 0 Å². The molecule has 10 heteroatoms. The number of aromatic nitrogens is 3. The van der Waals surface area contributed by atoms with Gasteiger partial charge >= 0.3 is 0 Å². The summed E-state index contributed by atoms with van der Waals surface area (Å²) in [5.74, 6) is -12.1. The highest BCUT2D eigenvalue weighted by molar-refractivity contribution is 5.96. The van der Waals surface area contributed by atoms with E-state index in [2.05, 4.69) is 10.2 Å². The van der Waals surface area contributed by atoms with E-state index in [1.165, 1.54) is 0 Å². The zero-order valence-electron chi connectivity index (χ0n) is 8.77. The van der Waals surface area contributed by atoms with Crippen LogP contribution in [0.3, 0.4) is 0 Å². The maximum Gasteiger partial charge on any atom is 0.271 e. The molecule has 2 rings (SSSR count). The lowest BCUT2D eigenvalue weighted by molar-refractivity contribution is 0.0996. The Hall–Kier alpha value is -2.52. The van der Waals surface area contributed by atoms with Crippen LogP contribution in [0.1, 0.15) is 10.5 Å². The van der Waals surface area contributed by atoms with E-state index in [0.29, 0.717) is 0 Å². The van der Waals surface area contributed by atoms with E-state index < -0.39 is 51.9 Å². The molecule has 0 aliphatic rings. The monoisotopic (exact) mass is 278 g/mol. The molecule has 5 nitrogen and oxygen atoms in total. The molecular formula is C9H3F5N4O. The first-order valence-corrected chi connectivity index (χ1v) is 4.58. The van der Waals surface area contributed by atoms with Crippen molar-refractivity contribution in [2.75, 3.05) is 0 Å². The van der Waals surface area contributed by atoms with Crippen molar-refractivity contribution in [2.45, 2.75) is 0 Å². The first kappa shape index (κ1) is 12.9. The zero-order chi connectivity index (χ0) is 14.3. The Labute approximate surface area is 101 Å². The third-order valence-electron chi connectivity index (χ3n) is 2.23. The quantitative estimate of drug-likeness (QED) is 0.493. The van der Waals surface area contributed by atoms with Gasteiger partial charge in [-0.05, 0) is 0 Å². The summed E-state index contributed by atoms with van der Waals surface area (Å²) in [5.41, 5.74) is 1.85. The Balaban J connectivity index is 2.83. The summed E-state index contributed by atoms with van der Waals surface area (Å²) in [6, 6.07) is 0. The van der Waals surface area contributed by atoms with E-state index >= 15 is 0 Å². The largest absolute Gasteiger partial charge is 0.364 e. The lowest BCUT2D eigenvalue weighted by atomic mass is 10.1. The normalized spacial score (nSPS) is 10.8. The van der Waals surface area contributed by atoms with Crippen LogP contribution in [0, 0.1) is 29.1 Å². The minimum atomic E-state index is -2.32. The van der Waals surface area contributed by atoms with Gasteiger partial charge in [0.05, 0.1) is 5.56 Å². The molecule has 0 aliphatic heterocycles. The van der Waals surface area contributed by atoms with Gasteiger partial charge in [-0.3, -0.25) is 4.79 Å². The molecule has 100 valence electrons. The molecule has 0 spiro atoms. The molecule has 1 heterocycles. The summed E-state index contributed by atoms with van der Waals surface area (Å²) in [5, 5.41) is 8.16. The summed E-state index contributed by atoms with van der Waals surface area (Å²) in [6.45, 7) is 0. The van der Waals surface area contributed by atoms with E-state index in [-0.39, 0.29) is 0 Å². The number of hydrogen-bond acceptors (Lipinski definition) is 3. The second kappa shape index (κ2) is 4.30. The highest BCUT2D eigenvalue weighted by Gasteiger charge is 2.30. The Morgan fingerprint density at radius 1 is 0.895 bits per heavy atom. The molecule has 0 bridgehead atoms. The lowest BCUT2D eigenvalue weighted by Gasteiger charge is -2.06. The average molecular weight is 278 g/mol. The van der Waals surface area contributed by atoms with Crippen LogP contribution in [0.4, 0.5) is 22.0 Å². The molecule has 0 saturated heterocycles. The Morgan fingerprint density at radius 2 is 1.37 bits per heavy atom. The summed E-state index contributed by atoms with van der Waals surface area (Å²) in [6.07, 6.45) is 0. The van der Waals surface area contributed by atoms with Gasteiger partial charge in [0.15, 0.2) is 29.0 Å². The van der Waals surface area contributed by atoms with Crippen molar-refractivity contribution >= 4 is 5.91 Å². The lowest BCUT2D eigenvalue weighted by Crippen LogP contribution is -2.14. The number of rotatable bonds is 2. The topological polar surface area (TPSA) is 84.7 Å². The molecular weight excluding hydrogens is 275 g/mol. The molecule has 0 aliphatic carbocycles. The number of carbonyl (C=O) groups excluding carboxylic acids is 1. The number of nitrogens with zero attached hydrogens (tertiary/aromatic N) is 2. The van der Waals surface area contributed by atoms with E-state index in [9.17, 15) is 26.7 Å². The van der Waals surface area contributed by atoms with Crippen molar-refractivity contribution in [3.8, 4) is 11.3 Å². The highest BCUT2D eigenvalue weighted by Crippen LogP contribution is 2.31. The maximum absolute atomic E-state index is 13.5. The van der Waals surface area contributed by atoms with Crippen LogP contribution in [0.25, 0.3) is 11.3 Å². The smallest absolute Gasteiger partial charge is 0.271 e. The summed E-state index contributed by atoms with van der Waals surface area (Å²) < 4.78 is 65.7. The fraction of sp³-hybridized carbons (Fsp3) is 0. The van der Waals surface area contributed by atoms with Crippen molar-refractivity contribution in [2.24, 2.45) is 5.73 Å². The summed E-state index contributed by atoms with van der Waals surface area (Å²) in [4.78, 5) is 10.9. The number of benzene rings is 1. The number of nitrogens with two attached hydrogens (primary N) is 1. The van der Waals surface area contributed by atoms with Crippen LogP contribution < -0.4 is 5.73 Å². The number of aromatic amines is 1. The number of nitrogens with one attached hydrogen (secondary N) is 1. The second-order valence-corrected chi connectivity index (χ2v) is 3.33. The van der Waals surface area contributed by atoms with Gasteiger partial charge in [0.2, 0.25) is 5.82 Å². The minimum absolute atomic E-state index is 0.747. The van der Waals surface area contributed by atoms with Crippen LogP contribution >= 0.6 is 0 Å². The van der Waals surface area contributed by atoms with Crippen molar-refractivity contribution in [3.63, 3.8) is 0 Å². The van der Waals surface area contributed by atoms with Gasteiger partial charge in [0.1, 0.15) is 5.69 Å². The van der Waals surface area contributed by atoms with E-state index in [4.69, 9.17) is 5.73 Å². The molecule has 0 unspecified atom stereocenters. The van der Waals surface area contributed by atoms with Gasteiger partial charge in [-0.2, -0.15) is 15.4 Å². The number of halogens is 5. The van der Waals surface area contributed by atoms with Crippen molar-refractivity contribution in [1.29, 1.82) is 0 Å². The molecule has 1 amide bonds. The van der Waals surface area contributed by atoms with Crippen molar-refractivity contribution in [3.05, 3.63) is 34.8 Å². The SMILES string of the molecule is NC(=O)c1n[nH]nc1-c1c(F)c(F)c(F)c(F)c1F. The van der Waals surface area contributed by atoms with Crippen LogP contribution in [-0.4, -0.2) is 21.3 Å². The molecule has 0 atom stereocenters. The fourth-order valence-electron chi connectivity index (χ4n) is 1.39. The molecule has 19 heavy (non-hydrogen) atoms. The second-order valence-electron chi connectivity index (χ2n) is 3.33. The van der Waals surface area contributed by atoms with Crippen molar-refractivity contribution < 1.29 is 26.7 Å². The number of carbonyl (C=O) groups is 1. The van der Waals surface area contributed by atoms with Gasteiger partial charge in [-0.25, -0.2) is 22.0 Å². The molecule has 0 saturated carbocycles. The first-order valence-electron chi connectivity index (χ1n) is 4.58. The molecule has 0 fully saturated rings. The third kappa shape index (κ3) is 1.80. The predicted octanol–water partition coefficient (Wildman–Crippen LogP) is 1.27. The predicted molar refractivity (Wildman–Crippen MR) is 50.1 cm³/mol. The minimum Gasteiger partial charge on any atom is -0.364 e. The zero-order valence-corrected chi connectivity index (χ0v) is 8.77. The standard InChI is InChI=1S/C9H3F5N4O/c10-2-1(3(11)5(13)6(14)4(2)12)7-8(9(15)19)17-18-16-7/h(H2,15,19)(H,16,17,18). The van der Waals surface area contributed by atoms with Gasteiger partial charge in [-0.1, -0.05) is 0 Å².